The van der Waals surface area contributed by atoms with E-state index in [1.165, 1.54) is 6.92 Å². The van der Waals surface area contributed by atoms with Crippen LogP contribution in [0.4, 0.5) is 0 Å². The summed E-state index contributed by atoms with van der Waals surface area (Å²) in [6, 6.07) is 0. The minimum atomic E-state index is -0.746. The molecule has 5 saturated carbocycles. The highest BCUT2D eigenvalue weighted by Crippen LogP contribution is 2.76. The van der Waals surface area contributed by atoms with E-state index in [-0.39, 0.29) is 56.9 Å². The number of ketones is 1. The molecule has 5 rings (SSSR count). The second-order valence-electron chi connectivity index (χ2n) is 16.0. The van der Waals surface area contributed by atoms with Crippen molar-refractivity contribution in [1.29, 1.82) is 0 Å². The normalized spacial score (nSPS) is 50.1. The van der Waals surface area contributed by atoms with Gasteiger partial charge in [0.2, 0.25) is 0 Å². The molecule has 9 atom stereocenters. The maximum Gasteiger partial charge on any atom is 0.309 e. The number of fused-ring (bicyclic) bond motifs is 7. The van der Waals surface area contributed by atoms with E-state index in [4.69, 9.17) is 4.74 Å². The summed E-state index contributed by atoms with van der Waals surface area (Å²) in [6.45, 7) is 17.8. The van der Waals surface area contributed by atoms with Gasteiger partial charge >= 0.3 is 11.9 Å². The molecule has 0 radical (unpaired) electrons. The molecule has 0 heterocycles. The first-order valence-corrected chi connectivity index (χ1v) is 14.9. The van der Waals surface area contributed by atoms with Crippen molar-refractivity contribution in [3.05, 3.63) is 0 Å². The molecule has 5 nitrogen and oxygen atoms in total. The molecule has 0 aromatic carbocycles. The number of hydrogen-bond acceptors (Lipinski definition) is 4. The molecular weight excluding hydrogens is 464 g/mol. The minimum absolute atomic E-state index is 0.00393. The van der Waals surface area contributed by atoms with Gasteiger partial charge in [0, 0.05) is 24.7 Å². The molecule has 0 amide bonds. The predicted molar refractivity (Wildman–Crippen MR) is 143 cm³/mol. The van der Waals surface area contributed by atoms with Gasteiger partial charge < -0.3 is 9.84 Å². The van der Waals surface area contributed by atoms with Crippen LogP contribution < -0.4 is 0 Å². The van der Waals surface area contributed by atoms with Crippen molar-refractivity contribution in [2.45, 2.75) is 126 Å². The van der Waals surface area contributed by atoms with E-state index in [0.29, 0.717) is 31.0 Å². The van der Waals surface area contributed by atoms with E-state index in [0.717, 1.165) is 44.9 Å². The average Bonchev–Trinajstić information content (AvgIpc) is 2.76. The summed E-state index contributed by atoms with van der Waals surface area (Å²) in [5, 5.41) is 10.5. The molecule has 5 heteroatoms. The summed E-state index contributed by atoms with van der Waals surface area (Å²) < 4.78 is 5.84. The van der Waals surface area contributed by atoms with Crippen molar-refractivity contribution in [2.24, 2.45) is 56.2 Å². The lowest BCUT2D eigenvalue weighted by atomic mass is 9.31. The van der Waals surface area contributed by atoms with Gasteiger partial charge in [-0.05, 0) is 97.2 Å². The van der Waals surface area contributed by atoms with Crippen LogP contribution in [0.1, 0.15) is 120 Å². The van der Waals surface area contributed by atoms with Crippen molar-refractivity contribution >= 4 is 17.7 Å². The van der Waals surface area contributed by atoms with Gasteiger partial charge in [-0.2, -0.15) is 0 Å². The van der Waals surface area contributed by atoms with Gasteiger partial charge in [-0.15, -0.1) is 0 Å². The summed E-state index contributed by atoms with van der Waals surface area (Å²) in [5.41, 5.74) is -1.00. The monoisotopic (exact) mass is 514 g/mol. The van der Waals surface area contributed by atoms with Gasteiger partial charge in [0.25, 0.3) is 0 Å². The fourth-order valence-electron chi connectivity index (χ4n) is 11.5. The van der Waals surface area contributed by atoms with Crippen LogP contribution in [0.3, 0.4) is 0 Å². The van der Waals surface area contributed by atoms with E-state index in [1.54, 1.807) is 0 Å². The van der Waals surface area contributed by atoms with Gasteiger partial charge in [-0.25, -0.2) is 0 Å². The van der Waals surface area contributed by atoms with Crippen LogP contribution in [-0.4, -0.2) is 28.9 Å². The Morgan fingerprint density at radius 3 is 2.11 bits per heavy atom. The zero-order chi connectivity index (χ0) is 27.4. The van der Waals surface area contributed by atoms with E-state index in [9.17, 15) is 19.5 Å². The molecule has 37 heavy (non-hydrogen) atoms. The Hall–Kier alpha value is -1.39. The Labute approximate surface area is 223 Å². The zero-order valence-corrected chi connectivity index (χ0v) is 24.5. The van der Waals surface area contributed by atoms with Gasteiger partial charge in [0.05, 0.1) is 5.41 Å². The molecule has 0 unspecified atom stereocenters. The largest absolute Gasteiger partial charge is 0.481 e. The SMILES string of the molecule is CC(=O)O[C@H]1CC[C@]2(C)[C@H]3CC(=O)[C@@H]4[C@@H]5CC(C)(C)CC[C@]5(C(=O)O)CC[C@@]4(C)[C@]3(C)CC[C@H]2C1(C)C. The number of carboxylic acid groups (broad SMARTS) is 1. The third-order valence-electron chi connectivity index (χ3n) is 13.7. The maximum atomic E-state index is 14.4. The van der Waals surface area contributed by atoms with Crippen molar-refractivity contribution in [1.82, 2.24) is 0 Å². The number of ether oxygens (including phenoxy) is 1. The Morgan fingerprint density at radius 1 is 0.838 bits per heavy atom. The van der Waals surface area contributed by atoms with Crippen molar-refractivity contribution in [2.75, 3.05) is 0 Å². The fraction of sp³-hybridized carbons (Fsp3) is 0.906. The molecule has 0 aromatic heterocycles. The summed E-state index contributed by atoms with van der Waals surface area (Å²) in [5.74, 6) is -0.109. The lowest BCUT2D eigenvalue weighted by Crippen LogP contribution is -2.69. The summed E-state index contributed by atoms with van der Waals surface area (Å²) in [7, 11) is 0. The van der Waals surface area contributed by atoms with Crippen molar-refractivity contribution in [3.8, 4) is 0 Å². The molecule has 0 spiro atoms. The van der Waals surface area contributed by atoms with Crippen LogP contribution >= 0.6 is 0 Å². The number of aliphatic carboxylic acids is 1. The van der Waals surface area contributed by atoms with Gasteiger partial charge in [-0.3, -0.25) is 14.4 Å². The summed E-state index contributed by atoms with van der Waals surface area (Å²) in [6.07, 6.45) is 8.44. The predicted octanol–water partition coefficient (Wildman–Crippen LogP) is 7.06. The molecule has 0 aliphatic heterocycles. The number of carbonyl (C=O) groups is 3. The number of carboxylic acids is 1. The van der Waals surface area contributed by atoms with Crippen LogP contribution in [0, 0.1) is 56.2 Å². The molecule has 0 aromatic rings. The molecule has 1 N–H and O–H groups in total. The molecular formula is C32H50O5. The molecule has 5 fully saturated rings. The standard InChI is InChI=1S/C32H50O5/c1-19(33)37-24-10-11-29(6)22(28(24,4)5)9-12-30(7)23(29)17-21(34)25-20-18-27(2,3)13-15-32(20,26(35)36)16-14-31(25,30)8/h20,22-25H,9-18H2,1-8H3,(H,35,36)/t20-,22-,23+,24-,25-,29-,30+,31+,32-/m0/s1. The molecule has 208 valence electrons. The number of esters is 1. The third-order valence-corrected chi connectivity index (χ3v) is 13.7. The first kappa shape index (κ1) is 27.2. The molecule has 5 aliphatic rings. The van der Waals surface area contributed by atoms with E-state index in [2.05, 4.69) is 48.5 Å². The molecule has 5 aliphatic carbocycles. The Balaban J connectivity index is 1.55. The van der Waals surface area contributed by atoms with Crippen molar-refractivity contribution < 1.29 is 24.2 Å². The smallest absolute Gasteiger partial charge is 0.309 e. The lowest BCUT2D eigenvalue weighted by Gasteiger charge is -2.72. The van der Waals surface area contributed by atoms with Gasteiger partial charge in [-0.1, -0.05) is 48.5 Å². The van der Waals surface area contributed by atoms with Crippen LogP contribution in [-0.2, 0) is 19.1 Å². The first-order valence-electron chi connectivity index (χ1n) is 14.9. The summed E-state index contributed by atoms with van der Waals surface area (Å²) >= 11 is 0. The second-order valence-corrected chi connectivity index (χ2v) is 16.0. The number of rotatable bonds is 2. The molecule has 0 bridgehead atoms. The maximum absolute atomic E-state index is 14.4. The number of Topliss-reactive ketones (excluding diaryl/α,β-unsaturated/α-hetero) is 1. The topological polar surface area (TPSA) is 80.7 Å². The third kappa shape index (κ3) is 3.50. The second kappa shape index (κ2) is 8.07. The summed E-state index contributed by atoms with van der Waals surface area (Å²) in [4.78, 5) is 39.1. The van der Waals surface area contributed by atoms with E-state index >= 15 is 0 Å². The Kier molecular flexibility index (Phi) is 5.93. The number of hydrogen-bond donors (Lipinski definition) is 1. The Morgan fingerprint density at radius 2 is 1.49 bits per heavy atom. The average molecular weight is 515 g/mol. The quantitative estimate of drug-likeness (QED) is 0.399. The Bertz CT molecular complexity index is 1010. The first-order chi connectivity index (χ1) is 16.9. The van der Waals surface area contributed by atoms with Gasteiger partial charge in [0.15, 0.2) is 0 Å². The number of carbonyl (C=O) groups excluding carboxylic acids is 2. The van der Waals surface area contributed by atoms with Crippen LogP contribution in [0.5, 0.6) is 0 Å². The molecule has 0 saturated heterocycles. The zero-order valence-electron chi connectivity index (χ0n) is 24.5. The highest BCUT2D eigenvalue weighted by molar-refractivity contribution is 5.86. The minimum Gasteiger partial charge on any atom is -0.481 e. The lowest BCUT2D eigenvalue weighted by molar-refractivity contribution is -0.247. The van der Waals surface area contributed by atoms with E-state index < -0.39 is 11.4 Å². The van der Waals surface area contributed by atoms with Crippen LogP contribution in [0.15, 0.2) is 0 Å². The highest BCUT2D eigenvalue weighted by atomic mass is 16.5. The van der Waals surface area contributed by atoms with Gasteiger partial charge in [0.1, 0.15) is 11.9 Å². The fourth-order valence-corrected chi connectivity index (χ4v) is 11.5. The highest BCUT2D eigenvalue weighted by Gasteiger charge is 2.73. The van der Waals surface area contributed by atoms with E-state index in [1.807, 2.05) is 0 Å². The van der Waals surface area contributed by atoms with Crippen LogP contribution in [0.2, 0.25) is 0 Å². The van der Waals surface area contributed by atoms with Crippen molar-refractivity contribution in [3.63, 3.8) is 0 Å². The van der Waals surface area contributed by atoms with Crippen LogP contribution in [0.25, 0.3) is 0 Å².